The van der Waals surface area contributed by atoms with Crippen LogP contribution in [-0.4, -0.2) is 20.1 Å². The van der Waals surface area contributed by atoms with Crippen LogP contribution in [0.1, 0.15) is 25.3 Å². The first-order valence-electron chi connectivity index (χ1n) is 5.84. The lowest BCUT2D eigenvalue weighted by atomic mass is 10.1. The number of rotatable bonds is 7. The molecule has 0 aliphatic rings. The second-order valence-corrected chi connectivity index (χ2v) is 3.79. The third-order valence-electron chi connectivity index (χ3n) is 2.54. The minimum absolute atomic E-state index is 1.06. The molecule has 0 atom stereocenters. The Hall–Kier alpha value is -1.02. The van der Waals surface area contributed by atoms with Crippen molar-refractivity contribution >= 4 is 5.69 Å². The molecule has 1 rings (SSSR count). The van der Waals surface area contributed by atoms with Gasteiger partial charge in [-0.3, -0.25) is 0 Å². The molecule has 0 amide bonds. The summed E-state index contributed by atoms with van der Waals surface area (Å²) in [7, 11) is 2.00. The Bertz CT molecular complexity index is 254. The monoisotopic (exact) mass is 206 g/mol. The summed E-state index contributed by atoms with van der Waals surface area (Å²) in [5.41, 5.74) is 2.63. The van der Waals surface area contributed by atoms with Crippen molar-refractivity contribution in [2.45, 2.75) is 26.2 Å². The number of benzene rings is 1. The van der Waals surface area contributed by atoms with Gasteiger partial charge in [0.05, 0.1) is 0 Å². The molecular weight excluding hydrogens is 184 g/mol. The van der Waals surface area contributed by atoms with Gasteiger partial charge in [-0.05, 0) is 50.6 Å². The Morgan fingerprint density at radius 1 is 1.00 bits per heavy atom. The van der Waals surface area contributed by atoms with E-state index in [-0.39, 0.29) is 0 Å². The molecule has 0 fully saturated rings. The first-order valence-corrected chi connectivity index (χ1v) is 5.84. The van der Waals surface area contributed by atoms with Crippen LogP contribution in [0.3, 0.4) is 0 Å². The fourth-order valence-electron chi connectivity index (χ4n) is 1.52. The van der Waals surface area contributed by atoms with Gasteiger partial charge in [0.15, 0.2) is 0 Å². The summed E-state index contributed by atoms with van der Waals surface area (Å²) in [4.78, 5) is 0. The van der Waals surface area contributed by atoms with Gasteiger partial charge >= 0.3 is 0 Å². The number of anilines is 1. The van der Waals surface area contributed by atoms with E-state index in [0.717, 1.165) is 19.5 Å². The Labute approximate surface area is 93.1 Å². The van der Waals surface area contributed by atoms with Crippen molar-refractivity contribution in [3.8, 4) is 0 Å². The first-order chi connectivity index (χ1) is 7.36. The van der Waals surface area contributed by atoms with Crippen molar-refractivity contribution < 1.29 is 0 Å². The van der Waals surface area contributed by atoms with Gasteiger partial charge in [0.2, 0.25) is 0 Å². The smallest absolute Gasteiger partial charge is 0.0340 e. The Balaban J connectivity index is 2.20. The van der Waals surface area contributed by atoms with E-state index >= 15 is 0 Å². The maximum Gasteiger partial charge on any atom is 0.0340 e. The molecule has 0 heterocycles. The van der Waals surface area contributed by atoms with E-state index in [1.165, 1.54) is 24.1 Å². The van der Waals surface area contributed by atoms with Crippen molar-refractivity contribution in [2.24, 2.45) is 0 Å². The zero-order valence-corrected chi connectivity index (χ0v) is 9.84. The third kappa shape index (κ3) is 4.84. The Morgan fingerprint density at radius 3 is 2.27 bits per heavy atom. The molecule has 2 N–H and O–H groups in total. The molecule has 0 aliphatic carbocycles. The van der Waals surface area contributed by atoms with E-state index in [1.807, 2.05) is 7.05 Å². The van der Waals surface area contributed by atoms with Crippen LogP contribution in [0.5, 0.6) is 0 Å². The molecule has 0 aliphatic heterocycles. The number of nitrogens with one attached hydrogen (secondary N) is 2. The fourth-order valence-corrected chi connectivity index (χ4v) is 1.52. The Kier molecular flexibility index (Phi) is 5.86. The summed E-state index contributed by atoms with van der Waals surface area (Å²) in [6.45, 7) is 4.35. The van der Waals surface area contributed by atoms with Crippen LogP contribution >= 0.6 is 0 Å². The first kappa shape index (κ1) is 12.1. The predicted octanol–water partition coefficient (Wildman–Crippen LogP) is 2.66. The van der Waals surface area contributed by atoms with Crippen molar-refractivity contribution in [3.05, 3.63) is 29.8 Å². The van der Waals surface area contributed by atoms with E-state index in [0.29, 0.717) is 0 Å². The largest absolute Gasteiger partial charge is 0.385 e. The summed E-state index contributed by atoms with van der Waals surface area (Å²) in [5, 5.41) is 6.58. The van der Waals surface area contributed by atoms with Gasteiger partial charge in [0, 0.05) is 12.2 Å². The van der Waals surface area contributed by atoms with Crippen LogP contribution in [0.25, 0.3) is 0 Å². The van der Waals surface area contributed by atoms with E-state index < -0.39 is 0 Å². The van der Waals surface area contributed by atoms with Crippen LogP contribution in [0.15, 0.2) is 24.3 Å². The number of hydrogen-bond donors (Lipinski definition) is 2. The molecular formula is C13H22N2. The van der Waals surface area contributed by atoms with Crippen LogP contribution in [-0.2, 0) is 6.42 Å². The van der Waals surface area contributed by atoms with Crippen LogP contribution in [0.4, 0.5) is 5.69 Å². The highest BCUT2D eigenvalue weighted by atomic mass is 14.9. The van der Waals surface area contributed by atoms with Gasteiger partial charge < -0.3 is 10.6 Å². The van der Waals surface area contributed by atoms with Crippen molar-refractivity contribution in [2.75, 3.05) is 25.5 Å². The summed E-state index contributed by atoms with van der Waals surface area (Å²) >= 11 is 0. The summed E-state index contributed by atoms with van der Waals surface area (Å²) in [6, 6.07) is 8.71. The van der Waals surface area contributed by atoms with Gasteiger partial charge in [-0.1, -0.05) is 19.1 Å². The van der Waals surface area contributed by atoms with E-state index in [2.05, 4.69) is 41.8 Å². The average molecular weight is 206 g/mol. The van der Waals surface area contributed by atoms with Crippen molar-refractivity contribution in [1.29, 1.82) is 0 Å². The Morgan fingerprint density at radius 2 is 1.67 bits per heavy atom. The van der Waals surface area contributed by atoms with Gasteiger partial charge in [-0.2, -0.15) is 0 Å². The summed E-state index contributed by atoms with van der Waals surface area (Å²) in [6.07, 6.45) is 3.56. The molecule has 0 saturated heterocycles. The SMILES string of the molecule is CCc1ccc(NCCCCNC)cc1. The lowest BCUT2D eigenvalue weighted by Crippen LogP contribution is -2.10. The molecule has 2 nitrogen and oxygen atoms in total. The highest BCUT2D eigenvalue weighted by Crippen LogP contribution is 2.09. The van der Waals surface area contributed by atoms with Crippen LogP contribution < -0.4 is 10.6 Å². The predicted molar refractivity (Wildman–Crippen MR) is 67.5 cm³/mol. The molecule has 15 heavy (non-hydrogen) atoms. The van der Waals surface area contributed by atoms with E-state index in [9.17, 15) is 0 Å². The lowest BCUT2D eigenvalue weighted by Gasteiger charge is -2.06. The third-order valence-corrected chi connectivity index (χ3v) is 2.54. The highest BCUT2D eigenvalue weighted by molar-refractivity contribution is 5.44. The molecule has 0 unspecified atom stereocenters. The van der Waals surface area contributed by atoms with Gasteiger partial charge in [0.25, 0.3) is 0 Å². The number of aryl methyl sites for hydroxylation is 1. The van der Waals surface area contributed by atoms with Crippen LogP contribution in [0.2, 0.25) is 0 Å². The fraction of sp³-hybridized carbons (Fsp3) is 0.538. The number of unbranched alkanes of at least 4 members (excludes halogenated alkanes) is 1. The van der Waals surface area contributed by atoms with Crippen molar-refractivity contribution in [3.63, 3.8) is 0 Å². The molecule has 2 heteroatoms. The standard InChI is InChI=1S/C13H22N2/c1-3-12-6-8-13(9-7-12)15-11-5-4-10-14-2/h6-9,14-15H,3-5,10-11H2,1-2H3. The highest BCUT2D eigenvalue weighted by Gasteiger charge is 1.92. The minimum atomic E-state index is 1.06. The molecule has 1 aromatic rings. The van der Waals surface area contributed by atoms with Gasteiger partial charge in [-0.25, -0.2) is 0 Å². The van der Waals surface area contributed by atoms with Gasteiger partial charge in [-0.15, -0.1) is 0 Å². The second-order valence-electron chi connectivity index (χ2n) is 3.79. The van der Waals surface area contributed by atoms with Gasteiger partial charge in [0.1, 0.15) is 0 Å². The quantitative estimate of drug-likeness (QED) is 0.670. The summed E-state index contributed by atoms with van der Waals surface area (Å²) < 4.78 is 0. The van der Waals surface area contributed by atoms with E-state index in [1.54, 1.807) is 0 Å². The van der Waals surface area contributed by atoms with E-state index in [4.69, 9.17) is 0 Å². The molecule has 1 aromatic carbocycles. The molecule has 0 aromatic heterocycles. The maximum atomic E-state index is 3.43. The maximum absolute atomic E-state index is 3.43. The van der Waals surface area contributed by atoms with Crippen LogP contribution in [0, 0.1) is 0 Å². The normalized spacial score (nSPS) is 10.3. The van der Waals surface area contributed by atoms with Crippen molar-refractivity contribution in [1.82, 2.24) is 5.32 Å². The minimum Gasteiger partial charge on any atom is -0.385 e. The lowest BCUT2D eigenvalue weighted by molar-refractivity contribution is 0.694. The second kappa shape index (κ2) is 7.30. The molecule has 84 valence electrons. The topological polar surface area (TPSA) is 24.1 Å². The molecule has 0 saturated carbocycles. The molecule has 0 radical (unpaired) electrons. The molecule has 0 bridgehead atoms. The zero-order chi connectivity index (χ0) is 10.9. The average Bonchev–Trinajstić information content (AvgIpc) is 2.30. The molecule has 0 spiro atoms. The number of hydrogen-bond acceptors (Lipinski definition) is 2. The zero-order valence-electron chi connectivity index (χ0n) is 9.84. The summed E-state index contributed by atoms with van der Waals surface area (Å²) in [5.74, 6) is 0.